The number of benzene rings is 1. The number of nitrogens with two attached hydrogens (primary N) is 1. The Labute approximate surface area is 99.3 Å². The van der Waals surface area contributed by atoms with Crippen LogP contribution in [0.15, 0.2) is 24.3 Å². The molecule has 88 valence electrons. The lowest BCUT2D eigenvalue weighted by Gasteiger charge is -2.18. The highest BCUT2D eigenvalue weighted by Crippen LogP contribution is 2.27. The molecule has 0 aliphatic heterocycles. The van der Waals surface area contributed by atoms with Crippen molar-refractivity contribution in [2.45, 2.75) is 11.1 Å². The monoisotopic (exact) mass is 261 g/mol. The maximum Gasteiger partial charge on any atom is 0.204 e. The Balaban J connectivity index is 3.23. The fourth-order valence-corrected chi connectivity index (χ4v) is 1.67. The summed E-state index contributed by atoms with van der Waals surface area (Å²) in [5.74, 6) is -0.677. The Morgan fingerprint density at radius 3 is 2.44 bits per heavy atom. The molecule has 0 amide bonds. The second kappa shape index (κ2) is 4.07. The van der Waals surface area contributed by atoms with E-state index in [-0.39, 0.29) is 5.56 Å². The van der Waals surface area contributed by atoms with Gasteiger partial charge in [-0.15, -0.1) is 0 Å². The SMILES string of the molecule is C[C@](Cl)(C(=O)c1cccc(N)c1)S(C)(=O)=O. The first-order valence-electron chi connectivity index (χ1n) is 4.45. The largest absolute Gasteiger partial charge is 0.399 e. The van der Waals surface area contributed by atoms with Crippen molar-refractivity contribution >= 4 is 32.9 Å². The Morgan fingerprint density at radius 2 is 2.00 bits per heavy atom. The van der Waals surface area contributed by atoms with Crippen LogP contribution in [0.5, 0.6) is 0 Å². The molecular formula is C10H12ClNO3S. The zero-order valence-electron chi connectivity index (χ0n) is 8.90. The summed E-state index contributed by atoms with van der Waals surface area (Å²) in [6.07, 6.45) is 0.921. The second-order valence-electron chi connectivity index (χ2n) is 3.64. The van der Waals surface area contributed by atoms with E-state index >= 15 is 0 Å². The van der Waals surface area contributed by atoms with Crippen molar-refractivity contribution in [3.8, 4) is 0 Å². The van der Waals surface area contributed by atoms with Crippen molar-refractivity contribution < 1.29 is 13.2 Å². The third-order valence-electron chi connectivity index (χ3n) is 2.25. The Morgan fingerprint density at radius 1 is 1.44 bits per heavy atom. The van der Waals surface area contributed by atoms with Crippen molar-refractivity contribution in [3.05, 3.63) is 29.8 Å². The lowest BCUT2D eigenvalue weighted by atomic mass is 10.1. The quantitative estimate of drug-likeness (QED) is 0.508. The average Bonchev–Trinajstić information content (AvgIpc) is 2.14. The van der Waals surface area contributed by atoms with Gasteiger partial charge >= 0.3 is 0 Å². The number of anilines is 1. The van der Waals surface area contributed by atoms with Gasteiger partial charge in [-0.1, -0.05) is 23.7 Å². The van der Waals surface area contributed by atoms with Gasteiger partial charge in [-0.05, 0) is 19.1 Å². The predicted molar refractivity (Wildman–Crippen MR) is 64.3 cm³/mol. The van der Waals surface area contributed by atoms with E-state index in [0.717, 1.165) is 13.2 Å². The predicted octanol–water partition coefficient (Wildman–Crippen LogP) is 1.45. The molecule has 0 radical (unpaired) electrons. The highest BCUT2D eigenvalue weighted by atomic mass is 35.5. The number of ketones is 1. The van der Waals surface area contributed by atoms with E-state index in [1.165, 1.54) is 12.1 Å². The zero-order chi connectivity index (χ0) is 12.6. The minimum Gasteiger partial charge on any atom is -0.399 e. The van der Waals surface area contributed by atoms with Crippen LogP contribution >= 0.6 is 11.6 Å². The van der Waals surface area contributed by atoms with Gasteiger partial charge in [0.25, 0.3) is 0 Å². The molecule has 6 heteroatoms. The standard InChI is InChI=1S/C10H12ClNO3S/c1-10(11,16(2,14)15)9(13)7-4-3-5-8(12)6-7/h3-6H,12H2,1-2H3/t10-/m1/s1. The smallest absolute Gasteiger partial charge is 0.204 e. The molecule has 0 aliphatic carbocycles. The van der Waals surface area contributed by atoms with Gasteiger partial charge in [0, 0.05) is 17.5 Å². The summed E-state index contributed by atoms with van der Waals surface area (Å²) in [6.45, 7) is 1.16. The summed E-state index contributed by atoms with van der Waals surface area (Å²) in [4.78, 5) is 11.9. The van der Waals surface area contributed by atoms with Gasteiger partial charge in [0.15, 0.2) is 15.6 Å². The van der Waals surface area contributed by atoms with Crippen LogP contribution in [0.1, 0.15) is 17.3 Å². The molecule has 16 heavy (non-hydrogen) atoms. The summed E-state index contributed by atoms with van der Waals surface area (Å²) in [5, 5.41) is 0. The first-order valence-corrected chi connectivity index (χ1v) is 6.72. The molecule has 1 aromatic rings. The summed E-state index contributed by atoms with van der Waals surface area (Å²) in [7, 11) is -3.69. The Hall–Kier alpha value is -1.07. The van der Waals surface area contributed by atoms with E-state index in [1.807, 2.05) is 0 Å². The van der Waals surface area contributed by atoms with Crippen molar-refractivity contribution in [3.63, 3.8) is 0 Å². The summed E-state index contributed by atoms with van der Waals surface area (Å²) < 4.78 is 20.8. The van der Waals surface area contributed by atoms with Crippen LogP contribution in [0.25, 0.3) is 0 Å². The second-order valence-corrected chi connectivity index (χ2v) is 6.98. The molecule has 0 aromatic heterocycles. The molecular weight excluding hydrogens is 250 g/mol. The van der Waals surface area contributed by atoms with Crippen molar-refractivity contribution in [2.24, 2.45) is 0 Å². The molecule has 0 unspecified atom stereocenters. The molecule has 0 saturated heterocycles. The van der Waals surface area contributed by atoms with Gasteiger partial charge in [0.1, 0.15) is 0 Å². The molecule has 0 saturated carbocycles. The van der Waals surface area contributed by atoms with Crippen LogP contribution in [0.3, 0.4) is 0 Å². The Bertz CT molecular complexity index is 523. The molecule has 1 atom stereocenters. The van der Waals surface area contributed by atoms with E-state index < -0.39 is 19.8 Å². The lowest BCUT2D eigenvalue weighted by molar-refractivity contribution is 0.0978. The molecule has 0 heterocycles. The molecule has 2 N–H and O–H groups in total. The van der Waals surface area contributed by atoms with E-state index in [2.05, 4.69) is 0 Å². The van der Waals surface area contributed by atoms with Gasteiger partial charge < -0.3 is 5.73 Å². The Kier molecular flexibility index (Phi) is 3.30. The van der Waals surface area contributed by atoms with Crippen LogP contribution in [0.2, 0.25) is 0 Å². The highest BCUT2D eigenvalue weighted by Gasteiger charge is 2.41. The van der Waals surface area contributed by atoms with Crippen LogP contribution < -0.4 is 5.73 Å². The maximum atomic E-state index is 11.9. The van der Waals surface area contributed by atoms with Crippen LogP contribution in [0.4, 0.5) is 5.69 Å². The molecule has 1 aromatic carbocycles. The summed E-state index contributed by atoms with van der Waals surface area (Å²) in [5.41, 5.74) is 6.07. The highest BCUT2D eigenvalue weighted by molar-refractivity contribution is 7.94. The van der Waals surface area contributed by atoms with Gasteiger partial charge in [-0.25, -0.2) is 8.42 Å². The third kappa shape index (κ3) is 2.36. The first-order chi connectivity index (χ1) is 7.16. The molecule has 0 spiro atoms. The molecule has 1 rings (SSSR count). The van der Waals surface area contributed by atoms with Crippen molar-refractivity contribution in [1.82, 2.24) is 0 Å². The van der Waals surface area contributed by atoms with E-state index in [1.54, 1.807) is 12.1 Å². The summed E-state index contributed by atoms with van der Waals surface area (Å²) >= 11 is 5.77. The third-order valence-corrected chi connectivity index (χ3v) is 4.84. The van der Waals surface area contributed by atoms with Crippen molar-refractivity contribution in [1.29, 1.82) is 0 Å². The number of sulfone groups is 1. The van der Waals surface area contributed by atoms with E-state index in [4.69, 9.17) is 17.3 Å². The number of carbonyl (C=O) groups excluding carboxylic acids is 1. The minimum absolute atomic E-state index is 0.183. The number of rotatable bonds is 3. The van der Waals surface area contributed by atoms with E-state index in [9.17, 15) is 13.2 Å². The van der Waals surface area contributed by atoms with Crippen LogP contribution in [-0.4, -0.2) is 24.7 Å². The molecule has 0 fully saturated rings. The number of nitrogen functional groups attached to an aromatic ring is 1. The molecule has 0 bridgehead atoms. The van der Waals surface area contributed by atoms with Crippen molar-refractivity contribution in [2.75, 3.05) is 12.0 Å². The fourth-order valence-electron chi connectivity index (χ4n) is 1.11. The van der Waals surface area contributed by atoms with Gasteiger partial charge in [0.05, 0.1) is 0 Å². The maximum absolute atomic E-state index is 11.9. The van der Waals surface area contributed by atoms with Crippen LogP contribution in [-0.2, 0) is 9.84 Å². The van der Waals surface area contributed by atoms with Crippen LogP contribution in [0, 0.1) is 0 Å². The molecule has 4 nitrogen and oxygen atoms in total. The number of alkyl halides is 1. The molecule has 0 aliphatic rings. The fraction of sp³-hybridized carbons (Fsp3) is 0.300. The number of Topliss-reactive ketones (excluding diaryl/α,β-unsaturated/α-hetero) is 1. The van der Waals surface area contributed by atoms with Gasteiger partial charge in [-0.2, -0.15) is 0 Å². The lowest BCUT2D eigenvalue weighted by Crippen LogP contribution is -2.37. The number of carbonyl (C=O) groups is 1. The van der Waals surface area contributed by atoms with Gasteiger partial charge in [0.2, 0.25) is 4.21 Å². The normalized spacial score (nSPS) is 15.4. The topological polar surface area (TPSA) is 77.2 Å². The average molecular weight is 262 g/mol. The number of hydrogen-bond donors (Lipinski definition) is 1. The van der Waals surface area contributed by atoms with E-state index in [0.29, 0.717) is 5.69 Å². The summed E-state index contributed by atoms with van der Waals surface area (Å²) in [6, 6.07) is 6.04. The first kappa shape index (κ1) is 13.0. The number of halogens is 1. The zero-order valence-corrected chi connectivity index (χ0v) is 10.5. The van der Waals surface area contributed by atoms with Gasteiger partial charge in [-0.3, -0.25) is 4.79 Å². The minimum atomic E-state index is -3.69. The number of hydrogen-bond acceptors (Lipinski definition) is 4.